The second-order valence-electron chi connectivity index (χ2n) is 11.3. The fourth-order valence-electron chi connectivity index (χ4n) is 6.98. The van der Waals surface area contributed by atoms with E-state index in [1.165, 1.54) is 0 Å². The van der Waals surface area contributed by atoms with Gasteiger partial charge >= 0.3 is 0 Å². The molecule has 3 fully saturated rings. The van der Waals surface area contributed by atoms with Crippen LogP contribution in [0.4, 0.5) is 5.69 Å². The number of hydrogen-bond donors (Lipinski definition) is 1. The summed E-state index contributed by atoms with van der Waals surface area (Å²) in [6, 6.07) is 8.87. The molecule has 1 aromatic rings. The van der Waals surface area contributed by atoms with E-state index in [0.29, 0.717) is 32.5 Å². The molecule has 3 unspecified atom stereocenters. The van der Waals surface area contributed by atoms with Crippen LogP contribution in [0.3, 0.4) is 0 Å². The minimum absolute atomic E-state index is 0.0174. The van der Waals surface area contributed by atoms with Crippen molar-refractivity contribution < 1.29 is 19.5 Å². The van der Waals surface area contributed by atoms with Gasteiger partial charge < -0.3 is 19.8 Å². The minimum Gasteiger partial charge on any atom is -0.396 e. The van der Waals surface area contributed by atoms with E-state index in [1.807, 2.05) is 49.1 Å². The number of likely N-dealkylation sites (tertiary alicyclic amines) is 1. The quantitative estimate of drug-likeness (QED) is 0.294. The Bertz CT molecular complexity index is 1080. The van der Waals surface area contributed by atoms with Crippen molar-refractivity contribution in [3.8, 4) is 0 Å². The molecule has 3 amide bonds. The maximum Gasteiger partial charge on any atom is 0.247 e. The number of hydrogen-bond acceptors (Lipinski definition) is 5. The van der Waals surface area contributed by atoms with Crippen LogP contribution < -0.4 is 4.90 Å². The number of rotatable bonds is 13. The molecule has 1 aromatic carbocycles. The van der Waals surface area contributed by atoms with Crippen LogP contribution in [0.15, 0.2) is 55.6 Å². The summed E-state index contributed by atoms with van der Waals surface area (Å²) in [6.45, 7) is 15.2. The van der Waals surface area contributed by atoms with Crippen molar-refractivity contribution >= 4 is 35.2 Å². The number of aliphatic hydroxyl groups excluding tert-OH is 1. The highest BCUT2D eigenvalue weighted by Gasteiger charge is 2.76. The highest BCUT2D eigenvalue weighted by Crippen LogP contribution is 2.69. The zero-order valence-corrected chi connectivity index (χ0v) is 24.3. The van der Waals surface area contributed by atoms with Crippen molar-refractivity contribution in [2.75, 3.05) is 31.1 Å². The third-order valence-corrected chi connectivity index (χ3v) is 10.8. The van der Waals surface area contributed by atoms with Crippen LogP contribution in [0.1, 0.15) is 46.5 Å². The predicted molar refractivity (Wildman–Crippen MR) is 157 cm³/mol. The summed E-state index contributed by atoms with van der Waals surface area (Å²) >= 11 is 1.71. The lowest BCUT2D eigenvalue weighted by Crippen LogP contribution is -2.58. The zero-order valence-electron chi connectivity index (χ0n) is 23.5. The minimum atomic E-state index is -0.652. The molecule has 39 heavy (non-hydrogen) atoms. The van der Waals surface area contributed by atoms with Gasteiger partial charge in [-0.2, -0.15) is 0 Å². The largest absolute Gasteiger partial charge is 0.396 e. The molecule has 0 aliphatic carbocycles. The van der Waals surface area contributed by atoms with E-state index in [2.05, 4.69) is 20.1 Å². The first-order chi connectivity index (χ1) is 18.7. The second kappa shape index (κ2) is 12.3. The standard InChI is InChI=1S/C31H43N3O4S/c1-6-16-32(21(3)4)30(38)27-31-22(5)20-24(39-31)25(26(31)29(37)34(27)18-12-9-13-19-35)28(36)33(17-7-2)23-14-10-8-11-15-23/h6-8,10-11,14-15,21-22,24-27,35H,1-2,9,12-13,16-20H2,3-5H3/t22?,24-,25+,26-,27?,31?/m0/s1. The maximum absolute atomic E-state index is 14.4. The molecule has 7 nitrogen and oxygen atoms in total. The lowest BCUT2D eigenvalue weighted by atomic mass is 9.65. The number of fused-ring (bicyclic) bond motifs is 1. The van der Waals surface area contributed by atoms with Crippen molar-refractivity contribution in [1.82, 2.24) is 9.80 Å². The Labute approximate surface area is 237 Å². The van der Waals surface area contributed by atoms with Crippen LogP contribution >= 0.6 is 11.8 Å². The van der Waals surface area contributed by atoms with Crippen LogP contribution in [0.5, 0.6) is 0 Å². The number of nitrogens with zero attached hydrogens (tertiary/aromatic N) is 3. The van der Waals surface area contributed by atoms with Crippen molar-refractivity contribution in [3.05, 3.63) is 55.6 Å². The van der Waals surface area contributed by atoms with Crippen molar-refractivity contribution in [2.45, 2.75) is 68.5 Å². The summed E-state index contributed by atoms with van der Waals surface area (Å²) in [7, 11) is 0. The van der Waals surface area contributed by atoms with Crippen molar-refractivity contribution in [1.29, 1.82) is 0 Å². The number of benzene rings is 1. The fraction of sp³-hybridized carbons (Fsp3) is 0.581. The molecule has 3 aliphatic rings. The molecule has 3 aliphatic heterocycles. The first-order valence-corrected chi connectivity index (χ1v) is 15.1. The third-order valence-electron chi connectivity index (χ3n) is 8.70. The molecule has 4 rings (SSSR count). The number of thioether (sulfide) groups is 1. The summed E-state index contributed by atoms with van der Waals surface area (Å²) in [5.74, 6) is -1.13. The Balaban J connectivity index is 1.76. The molecule has 3 saturated heterocycles. The summed E-state index contributed by atoms with van der Waals surface area (Å²) in [5, 5.41) is 9.26. The smallest absolute Gasteiger partial charge is 0.247 e. The van der Waals surface area contributed by atoms with Crippen LogP contribution in [0, 0.1) is 17.8 Å². The number of carbonyl (C=O) groups excluding carboxylic acids is 3. The lowest BCUT2D eigenvalue weighted by Gasteiger charge is -2.41. The van der Waals surface area contributed by atoms with E-state index in [-0.39, 0.29) is 41.5 Å². The SMILES string of the molecule is C=CCN(C(=O)[C@@H]1[C@@H]2CC(C)C3(S2)C(C(=O)N(CC=C)C(C)C)N(CCCCCO)C(=O)[C@H]13)c1ccccc1. The van der Waals surface area contributed by atoms with Crippen molar-refractivity contribution in [2.24, 2.45) is 17.8 Å². The summed E-state index contributed by atoms with van der Waals surface area (Å²) in [5.41, 5.74) is 0.785. The van der Waals surface area contributed by atoms with Crippen LogP contribution in [0.25, 0.3) is 0 Å². The molecule has 0 radical (unpaired) electrons. The molecular weight excluding hydrogens is 510 g/mol. The Kier molecular flexibility index (Phi) is 9.27. The van der Waals surface area contributed by atoms with E-state index in [0.717, 1.165) is 18.5 Å². The lowest BCUT2D eigenvalue weighted by molar-refractivity contribution is -0.143. The highest BCUT2D eigenvalue weighted by atomic mass is 32.2. The molecule has 6 atom stereocenters. The number of para-hydroxylation sites is 1. The molecule has 2 bridgehead atoms. The molecule has 3 heterocycles. The Morgan fingerprint density at radius 3 is 2.44 bits per heavy atom. The van der Waals surface area contributed by atoms with Gasteiger partial charge in [0, 0.05) is 43.2 Å². The number of carbonyl (C=O) groups is 3. The molecule has 212 valence electrons. The van der Waals surface area contributed by atoms with Gasteiger partial charge in [0.1, 0.15) is 6.04 Å². The third kappa shape index (κ3) is 5.06. The summed E-state index contributed by atoms with van der Waals surface area (Å²) in [6.07, 6.45) is 6.38. The monoisotopic (exact) mass is 553 g/mol. The zero-order chi connectivity index (χ0) is 28.3. The van der Waals surface area contributed by atoms with Gasteiger partial charge in [0.15, 0.2) is 0 Å². The highest BCUT2D eigenvalue weighted by molar-refractivity contribution is 8.02. The molecular formula is C31H43N3O4S. The molecule has 8 heteroatoms. The molecule has 0 aromatic heterocycles. The van der Waals surface area contributed by atoms with E-state index >= 15 is 0 Å². The molecule has 1 N–H and O–H groups in total. The predicted octanol–water partition coefficient (Wildman–Crippen LogP) is 4.13. The van der Waals surface area contributed by atoms with Gasteiger partial charge in [-0.25, -0.2) is 0 Å². The topological polar surface area (TPSA) is 81.2 Å². The van der Waals surface area contributed by atoms with E-state index in [9.17, 15) is 19.5 Å². The number of unbranched alkanes of at least 4 members (excludes halogenated alkanes) is 2. The van der Waals surface area contributed by atoms with Gasteiger partial charge in [0.25, 0.3) is 0 Å². The fourth-order valence-corrected chi connectivity index (χ4v) is 9.39. The first kappa shape index (κ1) is 29.4. The first-order valence-electron chi connectivity index (χ1n) is 14.2. The van der Waals surface area contributed by atoms with Crippen LogP contribution in [-0.2, 0) is 14.4 Å². The second-order valence-corrected chi connectivity index (χ2v) is 12.9. The van der Waals surface area contributed by atoms with Gasteiger partial charge in [0.2, 0.25) is 17.7 Å². The average molecular weight is 554 g/mol. The number of amides is 3. The Morgan fingerprint density at radius 1 is 1.13 bits per heavy atom. The Morgan fingerprint density at radius 2 is 1.82 bits per heavy atom. The Hall–Kier alpha value is -2.58. The van der Waals surface area contributed by atoms with E-state index in [4.69, 9.17) is 0 Å². The molecule has 1 spiro atoms. The summed E-state index contributed by atoms with van der Waals surface area (Å²) in [4.78, 5) is 48.3. The van der Waals surface area contributed by atoms with Gasteiger partial charge in [-0.05, 0) is 57.6 Å². The van der Waals surface area contributed by atoms with Gasteiger partial charge in [-0.1, -0.05) is 37.3 Å². The van der Waals surface area contributed by atoms with Crippen molar-refractivity contribution in [3.63, 3.8) is 0 Å². The molecule has 0 saturated carbocycles. The summed E-state index contributed by atoms with van der Waals surface area (Å²) < 4.78 is -0.652. The van der Waals surface area contributed by atoms with Gasteiger partial charge in [-0.15, -0.1) is 24.9 Å². The van der Waals surface area contributed by atoms with Gasteiger partial charge in [0.05, 0.1) is 16.6 Å². The van der Waals surface area contributed by atoms with Crippen LogP contribution in [0.2, 0.25) is 0 Å². The average Bonchev–Trinajstić information content (AvgIpc) is 3.51. The maximum atomic E-state index is 14.4. The normalized spacial score (nSPS) is 29.0. The number of aliphatic hydroxyl groups is 1. The van der Waals surface area contributed by atoms with E-state index in [1.54, 1.807) is 33.7 Å². The van der Waals surface area contributed by atoms with E-state index < -0.39 is 22.6 Å². The number of anilines is 1. The van der Waals surface area contributed by atoms with Gasteiger partial charge in [-0.3, -0.25) is 14.4 Å². The van der Waals surface area contributed by atoms with Crippen LogP contribution in [-0.4, -0.2) is 80.9 Å².